The van der Waals surface area contributed by atoms with Crippen LogP contribution in [0.15, 0.2) is 36.5 Å². The van der Waals surface area contributed by atoms with Crippen molar-refractivity contribution in [1.29, 1.82) is 0 Å². The maximum Gasteiger partial charge on any atom is 0.352 e. The summed E-state index contributed by atoms with van der Waals surface area (Å²) in [6, 6.07) is 5.58. The molecule has 0 spiro atoms. The Kier molecular flexibility index (Phi) is 4.19. The molecular formula is C16H11F5N2O2. The number of aliphatic hydroxyl groups is 1. The van der Waals surface area contributed by atoms with Crippen molar-refractivity contribution in [2.75, 3.05) is 4.90 Å². The molecule has 0 fully saturated rings. The van der Waals surface area contributed by atoms with Gasteiger partial charge in [0, 0.05) is 6.20 Å². The number of hydrogen-bond donors (Lipinski definition) is 1. The van der Waals surface area contributed by atoms with Crippen LogP contribution in [0.25, 0.3) is 0 Å². The molecule has 0 saturated carbocycles. The van der Waals surface area contributed by atoms with Crippen LogP contribution in [0.1, 0.15) is 22.8 Å². The first-order valence-corrected chi connectivity index (χ1v) is 7.13. The molecule has 1 N–H and O–H groups in total. The monoisotopic (exact) mass is 358 g/mol. The third kappa shape index (κ3) is 2.84. The largest absolute Gasteiger partial charge is 0.382 e. The molecule has 1 aliphatic heterocycles. The van der Waals surface area contributed by atoms with E-state index in [0.29, 0.717) is 4.90 Å². The molecule has 0 saturated heterocycles. The molecule has 25 heavy (non-hydrogen) atoms. The van der Waals surface area contributed by atoms with Crippen molar-refractivity contribution in [3.05, 3.63) is 59.2 Å². The lowest BCUT2D eigenvalue weighted by Gasteiger charge is -2.18. The van der Waals surface area contributed by atoms with Crippen LogP contribution in [0.5, 0.6) is 0 Å². The predicted molar refractivity (Wildman–Crippen MR) is 76.7 cm³/mol. The zero-order valence-corrected chi connectivity index (χ0v) is 12.5. The SMILES string of the molecule is O=C1N(Cc2ccnc(F)c2)c2cccc(C(O)C(F)F)c2C1(F)F. The first-order chi connectivity index (χ1) is 11.7. The van der Waals surface area contributed by atoms with E-state index in [1.54, 1.807) is 0 Å². The van der Waals surface area contributed by atoms with Gasteiger partial charge >= 0.3 is 11.8 Å². The second-order valence-electron chi connectivity index (χ2n) is 5.47. The van der Waals surface area contributed by atoms with Crippen molar-refractivity contribution in [2.24, 2.45) is 0 Å². The van der Waals surface area contributed by atoms with E-state index >= 15 is 0 Å². The Morgan fingerprint density at radius 3 is 2.60 bits per heavy atom. The summed E-state index contributed by atoms with van der Waals surface area (Å²) in [5.41, 5.74) is -1.77. The number of aliphatic hydroxyl groups excluding tert-OH is 1. The van der Waals surface area contributed by atoms with Crippen molar-refractivity contribution < 1.29 is 31.9 Å². The average molecular weight is 358 g/mol. The predicted octanol–water partition coefficient (Wildman–Crippen LogP) is 3.16. The zero-order valence-electron chi connectivity index (χ0n) is 12.5. The first kappa shape index (κ1) is 17.3. The van der Waals surface area contributed by atoms with Crippen molar-refractivity contribution in [3.8, 4) is 0 Å². The van der Waals surface area contributed by atoms with Crippen LogP contribution in [0.4, 0.5) is 27.6 Å². The number of aromatic nitrogens is 1. The Morgan fingerprint density at radius 2 is 1.96 bits per heavy atom. The van der Waals surface area contributed by atoms with Crippen LogP contribution in [-0.4, -0.2) is 22.4 Å². The van der Waals surface area contributed by atoms with Crippen LogP contribution in [-0.2, 0) is 17.3 Å². The molecule has 9 heteroatoms. The lowest BCUT2D eigenvalue weighted by molar-refractivity contribution is -0.142. The van der Waals surface area contributed by atoms with Crippen molar-refractivity contribution in [1.82, 2.24) is 4.98 Å². The van der Waals surface area contributed by atoms with Gasteiger partial charge in [-0.2, -0.15) is 13.2 Å². The lowest BCUT2D eigenvalue weighted by atomic mass is 9.98. The first-order valence-electron chi connectivity index (χ1n) is 7.13. The van der Waals surface area contributed by atoms with E-state index in [0.717, 1.165) is 24.4 Å². The number of rotatable bonds is 4. The summed E-state index contributed by atoms with van der Waals surface area (Å²) < 4.78 is 67.5. The fourth-order valence-corrected chi connectivity index (χ4v) is 2.77. The van der Waals surface area contributed by atoms with Gasteiger partial charge in [0.25, 0.3) is 6.43 Å². The van der Waals surface area contributed by atoms with Crippen LogP contribution in [0.3, 0.4) is 0 Å². The Bertz CT molecular complexity index is 828. The third-order valence-corrected chi connectivity index (χ3v) is 3.88. The average Bonchev–Trinajstić information content (AvgIpc) is 2.75. The second-order valence-corrected chi connectivity index (χ2v) is 5.47. The fraction of sp³-hybridized carbons (Fsp3) is 0.250. The van der Waals surface area contributed by atoms with E-state index in [2.05, 4.69) is 4.98 Å². The molecule has 132 valence electrons. The number of benzene rings is 1. The summed E-state index contributed by atoms with van der Waals surface area (Å²) in [4.78, 5) is 16.1. The van der Waals surface area contributed by atoms with E-state index in [4.69, 9.17) is 0 Å². The molecule has 1 unspecified atom stereocenters. The quantitative estimate of drug-likeness (QED) is 0.675. The lowest BCUT2D eigenvalue weighted by Crippen LogP contribution is -2.34. The van der Waals surface area contributed by atoms with Crippen LogP contribution >= 0.6 is 0 Å². The van der Waals surface area contributed by atoms with E-state index in [1.165, 1.54) is 12.1 Å². The molecular weight excluding hydrogens is 347 g/mol. The Labute approximate surface area is 138 Å². The maximum absolute atomic E-state index is 14.4. The Morgan fingerprint density at radius 1 is 1.24 bits per heavy atom. The van der Waals surface area contributed by atoms with E-state index in [9.17, 15) is 31.9 Å². The van der Waals surface area contributed by atoms with Gasteiger partial charge in [-0.05, 0) is 29.3 Å². The number of alkyl halides is 4. The van der Waals surface area contributed by atoms with Gasteiger partial charge in [-0.25, -0.2) is 13.8 Å². The van der Waals surface area contributed by atoms with Crippen molar-refractivity contribution >= 4 is 11.6 Å². The van der Waals surface area contributed by atoms with Crippen LogP contribution < -0.4 is 4.90 Å². The molecule has 0 radical (unpaired) electrons. The highest BCUT2D eigenvalue weighted by molar-refractivity contribution is 6.06. The van der Waals surface area contributed by atoms with E-state index in [1.807, 2.05) is 0 Å². The van der Waals surface area contributed by atoms with Gasteiger partial charge in [-0.15, -0.1) is 0 Å². The number of fused-ring (bicyclic) bond motifs is 1. The number of carbonyl (C=O) groups is 1. The highest BCUT2D eigenvalue weighted by Gasteiger charge is 2.55. The third-order valence-electron chi connectivity index (χ3n) is 3.88. The molecule has 1 atom stereocenters. The summed E-state index contributed by atoms with van der Waals surface area (Å²) in [6.07, 6.45) is -4.63. The Hall–Kier alpha value is -2.55. The van der Waals surface area contributed by atoms with Gasteiger partial charge in [-0.3, -0.25) is 4.79 Å². The van der Waals surface area contributed by atoms with Gasteiger partial charge in [0.2, 0.25) is 5.95 Å². The molecule has 0 aliphatic carbocycles. The molecule has 4 nitrogen and oxygen atoms in total. The summed E-state index contributed by atoms with van der Waals surface area (Å²) >= 11 is 0. The molecule has 1 amide bonds. The number of pyridine rings is 1. The van der Waals surface area contributed by atoms with Crippen LogP contribution in [0, 0.1) is 5.95 Å². The van der Waals surface area contributed by atoms with Crippen LogP contribution in [0.2, 0.25) is 0 Å². The summed E-state index contributed by atoms with van der Waals surface area (Å²) in [5, 5.41) is 9.52. The minimum absolute atomic E-state index is 0.198. The van der Waals surface area contributed by atoms with Gasteiger partial charge in [0.1, 0.15) is 6.10 Å². The minimum atomic E-state index is -4.08. The number of nitrogens with zero attached hydrogens (tertiary/aromatic N) is 2. The highest BCUT2D eigenvalue weighted by Crippen LogP contribution is 2.48. The number of carbonyl (C=O) groups excluding carboxylic acids is 1. The number of hydrogen-bond acceptors (Lipinski definition) is 3. The summed E-state index contributed by atoms with van der Waals surface area (Å²) in [6.45, 7) is -0.394. The second kappa shape index (κ2) is 6.07. The molecule has 2 heterocycles. The maximum atomic E-state index is 14.4. The van der Waals surface area contributed by atoms with E-state index in [-0.39, 0.29) is 11.3 Å². The van der Waals surface area contributed by atoms with Crippen molar-refractivity contribution in [2.45, 2.75) is 25.0 Å². The number of amides is 1. The highest BCUT2D eigenvalue weighted by atomic mass is 19.3. The topological polar surface area (TPSA) is 53.4 Å². The normalized spacial score (nSPS) is 17.1. The number of anilines is 1. The number of halogens is 5. The standard InChI is InChI=1S/C16H11F5N2O2/c17-11-6-8(4-5-22-11)7-23-10-3-1-2-9(13(24)14(18)19)12(10)16(20,21)15(23)25/h1-6,13-14,24H,7H2. The Balaban J connectivity index is 2.08. The summed E-state index contributed by atoms with van der Waals surface area (Å²) in [7, 11) is 0. The smallest absolute Gasteiger partial charge is 0.352 e. The van der Waals surface area contributed by atoms with Gasteiger partial charge in [-0.1, -0.05) is 12.1 Å². The van der Waals surface area contributed by atoms with Crippen molar-refractivity contribution in [3.63, 3.8) is 0 Å². The molecule has 1 aromatic carbocycles. The van der Waals surface area contributed by atoms with Gasteiger partial charge in [0.15, 0.2) is 0 Å². The molecule has 1 aliphatic rings. The fourth-order valence-electron chi connectivity index (χ4n) is 2.77. The van der Waals surface area contributed by atoms with Gasteiger partial charge in [0.05, 0.1) is 17.8 Å². The minimum Gasteiger partial charge on any atom is -0.382 e. The summed E-state index contributed by atoms with van der Waals surface area (Å²) in [5.74, 6) is -6.56. The van der Waals surface area contributed by atoms with E-state index < -0.39 is 48.0 Å². The molecule has 0 bridgehead atoms. The molecule has 3 rings (SSSR count). The molecule has 2 aromatic rings. The van der Waals surface area contributed by atoms with Gasteiger partial charge < -0.3 is 10.0 Å². The molecule has 1 aromatic heterocycles. The zero-order chi connectivity index (χ0) is 18.4.